The van der Waals surface area contributed by atoms with E-state index >= 15 is 0 Å². The number of aryl methyl sites for hydroxylation is 1. The van der Waals surface area contributed by atoms with Crippen LogP contribution in [0.1, 0.15) is 72.9 Å². The second kappa shape index (κ2) is 7.69. The largest absolute Gasteiger partial charge is 0.368 e. The minimum atomic E-state index is -1.11. The predicted molar refractivity (Wildman–Crippen MR) is 120 cm³/mol. The number of amides is 2. The van der Waals surface area contributed by atoms with Gasteiger partial charge in [-0.05, 0) is 64.3 Å². The van der Waals surface area contributed by atoms with Crippen molar-refractivity contribution in [1.82, 2.24) is 19.7 Å². The first-order valence-corrected chi connectivity index (χ1v) is 10.7. The number of nitrogens with zero attached hydrogens (tertiary/aromatic N) is 4. The summed E-state index contributed by atoms with van der Waals surface area (Å²) < 4.78 is 15.7. The van der Waals surface area contributed by atoms with Gasteiger partial charge in [-0.25, -0.2) is 14.1 Å². The van der Waals surface area contributed by atoms with Crippen LogP contribution in [0.4, 0.5) is 4.39 Å². The topological polar surface area (TPSA) is 94.1 Å². The molecule has 168 valence electrons. The number of benzene rings is 1. The number of pyridine rings is 1. The molecule has 2 heterocycles. The smallest absolute Gasteiger partial charge is 0.255 e. The Morgan fingerprint density at radius 3 is 2.50 bits per heavy atom. The van der Waals surface area contributed by atoms with E-state index in [0.717, 1.165) is 18.5 Å². The van der Waals surface area contributed by atoms with Crippen LogP contribution in [0.2, 0.25) is 0 Å². The van der Waals surface area contributed by atoms with Crippen molar-refractivity contribution in [2.75, 3.05) is 7.05 Å². The second-order valence-corrected chi connectivity index (χ2v) is 9.51. The minimum Gasteiger partial charge on any atom is -0.368 e. The second-order valence-electron chi connectivity index (χ2n) is 9.51. The first kappa shape index (κ1) is 21.9. The van der Waals surface area contributed by atoms with Gasteiger partial charge in [0.15, 0.2) is 5.65 Å². The van der Waals surface area contributed by atoms with E-state index in [2.05, 4.69) is 5.10 Å². The van der Waals surface area contributed by atoms with Crippen molar-refractivity contribution < 1.29 is 14.0 Å². The number of fused-ring (bicyclic) bond motifs is 1. The molecule has 7 nitrogen and oxygen atoms in total. The van der Waals surface area contributed by atoms with Crippen LogP contribution in [0.5, 0.6) is 0 Å². The Morgan fingerprint density at radius 2 is 1.94 bits per heavy atom. The molecule has 1 unspecified atom stereocenters. The van der Waals surface area contributed by atoms with Gasteiger partial charge in [0.25, 0.3) is 5.91 Å². The SMILES string of the molecule is Cc1nn(C(C)(C)C)c2nc(C3CC3)cc(C(=O)N(C)C(C(N)=O)c3cccc(F)c3)c12. The molecule has 1 saturated carbocycles. The number of hydrogen-bond donors (Lipinski definition) is 1. The fraction of sp³-hybridized carbons (Fsp3) is 0.417. The number of hydrogen-bond acceptors (Lipinski definition) is 4. The van der Waals surface area contributed by atoms with Crippen molar-refractivity contribution in [3.05, 3.63) is 58.7 Å². The van der Waals surface area contributed by atoms with E-state index in [0.29, 0.717) is 33.8 Å². The van der Waals surface area contributed by atoms with Crippen LogP contribution in [-0.4, -0.2) is 38.5 Å². The number of likely N-dealkylation sites (N-methyl/N-ethyl adjacent to an activating group) is 1. The van der Waals surface area contributed by atoms with E-state index < -0.39 is 17.8 Å². The van der Waals surface area contributed by atoms with Crippen molar-refractivity contribution in [2.24, 2.45) is 5.73 Å². The molecule has 0 radical (unpaired) electrons. The Balaban J connectivity index is 1.87. The molecule has 1 aliphatic carbocycles. The normalized spacial score (nSPS) is 15.1. The number of primary amides is 1. The zero-order chi connectivity index (χ0) is 23.4. The molecule has 1 fully saturated rings. The highest BCUT2D eigenvalue weighted by molar-refractivity contribution is 6.07. The summed E-state index contributed by atoms with van der Waals surface area (Å²) >= 11 is 0. The fourth-order valence-electron chi connectivity index (χ4n) is 4.10. The van der Waals surface area contributed by atoms with Crippen LogP contribution in [0.25, 0.3) is 11.0 Å². The van der Waals surface area contributed by atoms with Gasteiger partial charge < -0.3 is 10.6 Å². The summed E-state index contributed by atoms with van der Waals surface area (Å²) in [4.78, 5) is 32.2. The highest BCUT2D eigenvalue weighted by Crippen LogP contribution is 2.41. The standard InChI is InChI=1S/C24H28FN5O2/c1-13-19-17(12-18(14-9-10-14)27-22(19)30(28-13)24(2,3)4)23(32)29(5)20(21(26)31)15-7-6-8-16(25)11-15/h6-8,11-12,14,20H,9-10H2,1-5H3,(H2,26,31). The summed E-state index contributed by atoms with van der Waals surface area (Å²) in [6.45, 7) is 7.94. The summed E-state index contributed by atoms with van der Waals surface area (Å²) in [6.07, 6.45) is 2.05. The Labute approximate surface area is 186 Å². The zero-order valence-corrected chi connectivity index (χ0v) is 19.0. The lowest BCUT2D eigenvalue weighted by Crippen LogP contribution is -2.39. The highest BCUT2D eigenvalue weighted by Gasteiger charge is 2.33. The Bertz CT molecular complexity index is 1220. The van der Waals surface area contributed by atoms with Gasteiger partial charge in [-0.3, -0.25) is 9.59 Å². The van der Waals surface area contributed by atoms with Crippen molar-refractivity contribution in [1.29, 1.82) is 0 Å². The van der Waals surface area contributed by atoms with E-state index in [1.807, 2.05) is 38.4 Å². The fourth-order valence-corrected chi connectivity index (χ4v) is 4.10. The van der Waals surface area contributed by atoms with Crippen molar-refractivity contribution in [3.8, 4) is 0 Å². The molecular weight excluding hydrogens is 409 g/mol. The van der Waals surface area contributed by atoms with Gasteiger partial charge in [0.05, 0.1) is 22.2 Å². The molecule has 0 spiro atoms. The summed E-state index contributed by atoms with van der Waals surface area (Å²) in [5.41, 5.74) is 8.25. The molecule has 2 amide bonds. The van der Waals surface area contributed by atoms with Gasteiger partial charge in [0.1, 0.15) is 11.9 Å². The van der Waals surface area contributed by atoms with Gasteiger partial charge >= 0.3 is 0 Å². The number of aromatic nitrogens is 3. The maximum atomic E-state index is 13.8. The Hall–Kier alpha value is -3.29. The molecule has 2 aromatic heterocycles. The molecule has 8 heteroatoms. The molecule has 1 aliphatic rings. The minimum absolute atomic E-state index is 0.315. The Morgan fingerprint density at radius 1 is 1.25 bits per heavy atom. The lowest BCUT2D eigenvalue weighted by molar-refractivity contribution is -0.122. The number of nitrogens with two attached hydrogens (primary N) is 1. The molecule has 32 heavy (non-hydrogen) atoms. The molecule has 2 N–H and O–H groups in total. The van der Waals surface area contributed by atoms with Crippen molar-refractivity contribution in [3.63, 3.8) is 0 Å². The monoisotopic (exact) mass is 437 g/mol. The lowest BCUT2D eigenvalue weighted by Gasteiger charge is -2.27. The van der Waals surface area contributed by atoms with Gasteiger partial charge in [-0.15, -0.1) is 0 Å². The van der Waals surface area contributed by atoms with Crippen LogP contribution >= 0.6 is 0 Å². The number of carbonyl (C=O) groups is 2. The van der Waals surface area contributed by atoms with Gasteiger partial charge in [-0.1, -0.05) is 12.1 Å². The number of halogens is 1. The van der Waals surface area contributed by atoms with Crippen molar-refractivity contribution >= 4 is 22.8 Å². The van der Waals surface area contributed by atoms with Crippen LogP contribution in [-0.2, 0) is 10.3 Å². The third-order valence-electron chi connectivity index (χ3n) is 5.84. The van der Waals surface area contributed by atoms with Crippen LogP contribution < -0.4 is 5.73 Å². The van der Waals surface area contributed by atoms with Gasteiger partial charge in [-0.2, -0.15) is 5.10 Å². The lowest BCUT2D eigenvalue weighted by atomic mass is 10.0. The van der Waals surface area contributed by atoms with Crippen molar-refractivity contribution in [2.45, 2.75) is 58.0 Å². The molecule has 1 aromatic carbocycles. The summed E-state index contributed by atoms with van der Waals surface area (Å²) in [5, 5.41) is 5.33. The van der Waals surface area contributed by atoms with Crippen LogP contribution in [0.15, 0.2) is 30.3 Å². The van der Waals surface area contributed by atoms with E-state index in [1.165, 1.54) is 30.1 Å². The molecule has 0 aliphatic heterocycles. The van der Waals surface area contributed by atoms with Gasteiger partial charge in [0, 0.05) is 18.7 Å². The quantitative estimate of drug-likeness (QED) is 0.657. The summed E-state index contributed by atoms with van der Waals surface area (Å²) in [5.74, 6) is -1.31. The molecule has 1 atom stereocenters. The predicted octanol–water partition coefficient (Wildman–Crippen LogP) is 3.81. The average Bonchev–Trinajstić information content (AvgIpc) is 3.49. The van der Waals surface area contributed by atoms with E-state index in [1.54, 1.807) is 6.07 Å². The summed E-state index contributed by atoms with van der Waals surface area (Å²) in [6, 6.07) is 6.28. The number of carbonyl (C=O) groups excluding carboxylic acids is 2. The van der Waals surface area contributed by atoms with E-state index in [9.17, 15) is 14.0 Å². The Kier molecular flexibility index (Phi) is 5.27. The first-order valence-electron chi connectivity index (χ1n) is 10.7. The third kappa shape index (κ3) is 3.85. The summed E-state index contributed by atoms with van der Waals surface area (Å²) in [7, 11) is 1.51. The highest BCUT2D eigenvalue weighted by atomic mass is 19.1. The molecule has 0 saturated heterocycles. The maximum absolute atomic E-state index is 13.8. The van der Waals surface area contributed by atoms with Crippen LogP contribution in [0, 0.1) is 12.7 Å². The molecule has 4 rings (SSSR count). The average molecular weight is 438 g/mol. The zero-order valence-electron chi connectivity index (χ0n) is 19.0. The first-order chi connectivity index (χ1) is 15.0. The van der Waals surface area contributed by atoms with E-state index in [4.69, 9.17) is 10.7 Å². The third-order valence-corrected chi connectivity index (χ3v) is 5.84. The van der Waals surface area contributed by atoms with Crippen LogP contribution in [0.3, 0.4) is 0 Å². The molecule has 3 aromatic rings. The van der Waals surface area contributed by atoms with E-state index in [-0.39, 0.29) is 11.4 Å². The maximum Gasteiger partial charge on any atom is 0.255 e. The molecular formula is C24H28FN5O2. The van der Waals surface area contributed by atoms with Gasteiger partial charge in [0.2, 0.25) is 5.91 Å². The number of rotatable bonds is 5. The molecule has 0 bridgehead atoms.